The average Bonchev–Trinajstić information content (AvgIpc) is 3.51. The summed E-state index contributed by atoms with van der Waals surface area (Å²) in [4.78, 5) is 0. The van der Waals surface area contributed by atoms with Crippen LogP contribution in [-0.2, 0) is 0 Å². The van der Waals surface area contributed by atoms with Crippen LogP contribution in [0.3, 0.4) is 0 Å². The molecule has 0 aliphatic heterocycles. The molecule has 0 bridgehead atoms. The molecule has 8 rings (SSSR count). The van der Waals surface area contributed by atoms with Gasteiger partial charge in [-0.2, -0.15) is 0 Å². The monoisotopic (exact) mass is 668 g/mol. The van der Waals surface area contributed by atoms with Crippen molar-refractivity contribution in [3.63, 3.8) is 0 Å². The van der Waals surface area contributed by atoms with Crippen LogP contribution in [-0.4, -0.2) is 44.0 Å². The van der Waals surface area contributed by atoms with E-state index >= 15 is 0 Å². The SMILES string of the molecule is [B]c1c([B])c(O)c(O)c(-c2ccc3c(c2)oc2cccc(-c4c5cccc(O)c5c(-c5ccc(=C)ccccc(=C)c5)c5c(O)cccc45)c23)c1[B]. The second-order valence-corrected chi connectivity index (χ2v) is 12.8. The summed E-state index contributed by atoms with van der Waals surface area (Å²) in [7, 11) is 18.2. The van der Waals surface area contributed by atoms with E-state index in [1.165, 1.54) is 0 Å². The molecule has 0 saturated heterocycles. The molecular formula is C44H27B3O5. The Kier molecular flexibility index (Phi) is 7.76. The number of hydrogen-bond acceptors (Lipinski definition) is 5. The summed E-state index contributed by atoms with van der Waals surface area (Å²) in [5.41, 5.74) is 4.42. The molecular weight excluding hydrogens is 641 g/mol. The number of benzene rings is 6. The molecule has 0 unspecified atom stereocenters. The van der Waals surface area contributed by atoms with Crippen molar-refractivity contribution in [2.45, 2.75) is 0 Å². The molecule has 6 radical (unpaired) electrons. The highest BCUT2D eigenvalue weighted by Crippen LogP contribution is 2.50. The van der Waals surface area contributed by atoms with Gasteiger partial charge in [-0.15, -0.1) is 5.46 Å². The standard InChI is InChI=1S/C44H27B3O5/c1-22-8-3-4-9-23(2)20-24(17-16-22)34-38-28(10-5-13-30(38)48)36(29-11-6-14-31(49)39(29)34)27-12-7-15-32-37(27)26-19-18-25(21-33(26)52-32)35-40(45)41(46)42(47)44(51)43(35)50/h3-21,48-51H,1-2H2. The van der Waals surface area contributed by atoms with Crippen LogP contribution < -0.4 is 26.8 Å². The van der Waals surface area contributed by atoms with E-state index in [0.717, 1.165) is 48.7 Å². The van der Waals surface area contributed by atoms with Crippen molar-refractivity contribution in [3.8, 4) is 56.4 Å². The van der Waals surface area contributed by atoms with Gasteiger partial charge in [0.2, 0.25) is 0 Å². The lowest BCUT2D eigenvalue weighted by Crippen LogP contribution is -2.40. The summed E-state index contributed by atoms with van der Waals surface area (Å²) in [6.07, 6.45) is 0. The van der Waals surface area contributed by atoms with Gasteiger partial charge in [-0.1, -0.05) is 103 Å². The fraction of sp³-hybridized carbons (Fsp3) is 0. The zero-order chi connectivity index (χ0) is 36.4. The van der Waals surface area contributed by atoms with Crippen LogP contribution >= 0.6 is 0 Å². The van der Waals surface area contributed by atoms with Crippen LogP contribution in [0, 0.1) is 0 Å². The Labute approximate surface area is 302 Å². The molecule has 1 heterocycles. The third-order valence-electron chi connectivity index (χ3n) is 9.58. The van der Waals surface area contributed by atoms with Gasteiger partial charge in [0, 0.05) is 32.7 Å². The van der Waals surface area contributed by atoms with E-state index < -0.39 is 11.5 Å². The number of hydrogen-bond donors (Lipinski definition) is 4. The highest BCUT2D eigenvalue weighted by Gasteiger charge is 2.24. The molecule has 0 aliphatic carbocycles. The third-order valence-corrected chi connectivity index (χ3v) is 9.58. The van der Waals surface area contributed by atoms with E-state index in [0.29, 0.717) is 33.1 Å². The Morgan fingerprint density at radius 2 is 1.06 bits per heavy atom. The van der Waals surface area contributed by atoms with Crippen LogP contribution in [0.1, 0.15) is 0 Å². The molecule has 0 spiro atoms. The lowest BCUT2D eigenvalue weighted by Gasteiger charge is -2.19. The predicted octanol–water partition coefficient (Wildman–Crippen LogP) is 6.04. The third kappa shape index (κ3) is 5.06. The van der Waals surface area contributed by atoms with Crippen molar-refractivity contribution in [1.29, 1.82) is 0 Å². The summed E-state index contributed by atoms with van der Waals surface area (Å²) in [6, 6.07) is 35.2. The lowest BCUT2D eigenvalue weighted by molar-refractivity contribution is 0.409. The minimum Gasteiger partial charge on any atom is -0.507 e. The number of rotatable bonds is 3. The van der Waals surface area contributed by atoms with Crippen LogP contribution in [0.5, 0.6) is 23.0 Å². The second kappa shape index (κ2) is 12.4. The number of phenols is 4. The van der Waals surface area contributed by atoms with Gasteiger partial charge in [0.15, 0.2) is 5.75 Å². The Morgan fingerprint density at radius 1 is 0.442 bits per heavy atom. The molecule has 0 aliphatic rings. The summed E-state index contributed by atoms with van der Waals surface area (Å²) in [6.45, 7) is 8.36. The largest absolute Gasteiger partial charge is 0.507 e. The zero-order valence-electron chi connectivity index (χ0n) is 27.8. The average molecular weight is 668 g/mol. The summed E-state index contributed by atoms with van der Waals surface area (Å²) < 4.78 is 6.41. The normalized spacial score (nSPS) is 11.4. The highest BCUT2D eigenvalue weighted by atomic mass is 16.3. The predicted molar refractivity (Wildman–Crippen MR) is 216 cm³/mol. The minimum absolute atomic E-state index is 0.0300. The van der Waals surface area contributed by atoms with Crippen molar-refractivity contribution >= 4 is 96.6 Å². The Balaban J connectivity index is 1.48. The van der Waals surface area contributed by atoms with Gasteiger partial charge < -0.3 is 24.8 Å². The second-order valence-electron chi connectivity index (χ2n) is 12.8. The molecule has 5 nitrogen and oxygen atoms in total. The number of furan rings is 1. The van der Waals surface area contributed by atoms with Gasteiger partial charge in [0.25, 0.3) is 0 Å². The first-order valence-corrected chi connectivity index (χ1v) is 16.4. The molecule has 4 N–H and O–H groups in total. The van der Waals surface area contributed by atoms with Crippen LogP contribution in [0.25, 0.3) is 90.0 Å². The van der Waals surface area contributed by atoms with E-state index in [2.05, 4.69) is 13.2 Å². The summed E-state index contributed by atoms with van der Waals surface area (Å²) in [5.74, 6) is -0.953. The van der Waals surface area contributed by atoms with Crippen molar-refractivity contribution in [2.75, 3.05) is 0 Å². The minimum atomic E-state index is -0.554. The first-order valence-electron chi connectivity index (χ1n) is 16.4. The van der Waals surface area contributed by atoms with E-state index in [1.807, 2.05) is 78.9 Å². The van der Waals surface area contributed by atoms with E-state index in [1.54, 1.807) is 36.4 Å². The van der Waals surface area contributed by atoms with Gasteiger partial charge in [0.05, 0.1) is 0 Å². The van der Waals surface area contributed by atoms with E-state index in [-0.39, 0.29) is 33.5 Å². The maximum Gasteiger partial charge on any atom is 0.164 e. The molecule has 8 aromatic rings. The van der Waals surface area contributed by atoms with Crippen molar-refractivity contribution < 1.29 is 24.8 Å². The molecule has 0 fully saturated rings. The van der Waals surface area contributed by atoms with Gasteiger partial charge in [-0.3, -0.25) is 0 Å². The molecule has 52 heavy (non-hydrogen) atoms. The topological polar surface area (TPSA) is 94.1 Å². The summed E-state index contributed by atoms with van der Waals surface area (Å²) in [5, 5.41) is 50.2. The van der Waals surface area contributed by atoms with Crippen LogP contribution in [0.4, 0.5) is 0 Å². The smallest absolute Gasteiger partial charge is 0.164 e. The highest BCUT2D eigenvalue weighted by molar-refractivity contribution is 6.59. The molecule has 0 atom stereocenters. The van der Waals surface area contributed by atoms with E-state index in [4.69, 9.17) is 28.0 Å². The van der Waals surface area contributed by atoms with Gasteiger partial charge in [-0.25, -0.2) is 0 Å². The summed E-state index contributed by atoms with van der Waals surface area (Å²) >= 11 is 0. The number of fused-ring (bicyclic) bond motifs is 5. The maximum absolute atomic E-state index is 11.7. The van der Waals surface area contributed by atoms with Crippen LogP contribution in [0.15, 0.2) is 120 Å². The number of aromatic hydroxyl groups is 4. The Morgan fingerprint density at radius 3 is 1.75 bits per heavy atom. The quantitative estimate of drug-likeness (QED) is 0.105. The molecule has 0 saturated carbocycles. The first-order chi connectivity index (χ1) is 25.0. The van der Waals surface area contributed by atoms with Crippen molar-refractivity contribution in [1.82, 2.24) is 0 Å². The lowest BCUT2D eigenvalue weighted by atomic mass is 9.68. The van der Waals surface area contributed by atoms with Gasteiger partial charge >= 0.3 is 0 Å². The first kappa shape index (κ1) is 32.7. The molecule has 7 aromatic carbocycles. The van der Waals surface area contributed by atoms with E-state index in [9.17, 15) is 20.4 Å². The van der Waals surface area contributed by atoms with Crippen LogP contribution in [0.2, 0.25) is 0 Å². The van der Waals surface area contributed by atoms with Gasteiger partial charge in [-0.05, 0) is 79.9 Å². The van der Waals surface area contributed by atoms with Crippen molar-refractivity contribution in [2.24, 2.45) is 0 Å². The molecule has 1 aromatic heterocycles. The molecule has 0 amide bonds. The fourth-order valence-corrected chi connectivity index (χ4v) is 7.20. The van der Waals surface area contributed by atoms with Crippen molar-refractivity contribution in [3.05, 3.63) is 126 Å². The Bertz CT molecular complexity index is 2890. The molecule has 242 valence electrons. The fourth-order valence-electron chi connectivity index (χ4n) is 7.20. The van der Waals surface area contributed by atoms with Gasteiger partial charge in [0.1, 0.15) is 52.0 Å². The molecule has 8 heteroatoms. The maximum atomic E-state index is 11.7. The Hall–Kier alpha value is -6.53. The zero-order valence-corrected chi connectivity index (χ0v) is 27.8. The number of phenolic OH excluding ortho intramolecular Hbond substituents is 4.